The Morgan fingerprint density at radius 3 is 2.65 bits per heavy atom. The number of aldehydes is 1. The van der Waals surface area contributed by atoms with Gasteiger partial charge in [0, 0.05) is 25.9 Å². The second kappa shape index (κ2) is 11.8. The highest BCUT2D eigenvalue weighted by atomic mass is 16.5. The zero-order chi connectivity index (χ0) is 13.8. The maximum Gasteiger partial charge on any atom is 0.135 e. The molecule has 3 heteroatoms. The zero-order valence-electron chi connectivity index (χ0n) is 12.2. The van der Waals surface area contributed by atoms with Crippen LogP contribution in [0.15, 0.2) is 0 Å². The summed E-state index contributed by atoms with van der Waals surface area (Å²) in [6.07, 6.45) is 4.29. The number of ketones is 1. The number of Topliss-reactive ketones (excluding diaryl/α,β-unsaturated/α-hetero) is 1. The van der Waals surface area contributed by atoms with Crippen molar-refractivity contribution >= 4 is 12.0 Å². The lowest BCUT2D eigenvalue weighted by molar-refractivity contribution is -0.120. The average molecular weight is 244 g/mol. The van der Waals surface area contributed by atoms with Crippen LogP contribution in [-0.2, 0) is 14.3 Å². The first-order chi connectivity index (χ1) is 8.52. The molecule has 0 spiro atoms. The fraction of sp³-hybridized carbons (Fsp3) is 0.857. The average Bonchev–Trinajstić information content (AvgIpc) is 2.27. The molecule has 0 radical (unpaired) electrons. The predicted molar refractivity (Wildman–Crippen MR) is 69.0 cm³/mol. The number of hydrogen-bond acceptors (Lipinski definition) is 3. The van der Waals surface area contributed by atoms with Gasteiger partial charge in [0.25, 0.3) is 0 Å². The zero-order valence-corrected chi connectivity index (χ0v) is 11.2. The Labute approximate surface area is 106 Å². The SMILES string of the molecule is [3H]C(=O)CCCCCC(=O)CCOCCC(C)C. The van der Waals surface area contributed by atoms with Crippen LogP contribution in [0.4, 0.5) is 0 Å². The van der Waals surface area contributed by atoms with Crippen molar-refractivity contribution in [2.75, 3.05) is 13.2 Å². The third-order valence-corrected chi connectivity index (χ3v) is 2.60. The maximum atomic E-state index is 11.5. The number of hydrogen-bond donors (Lipinski definition) is 0. The van der Waals surface area contributed by atoms with Crippen LogP contribution in [0.2, 0.25) is 0 Å². The van der Waals surface area contributed by atoms with Crippen LogP contribution in [0.5, 0.6) is 0 Å². The first-order valence-electron chi connectivity index (χ1n) is 7.11. The summed E-state index contributed by atoms with van der Waals surface area (Å²) in [7, 11) is 0. The largest absolute Gasteiger partial charge is 0.381 e. The molecule has 0 aromatic carbocycles. The smallest absolute Gasteiger partial charge is 0.135 e. The van der Waals surface area contributed by atoms with E-state index in [0.717, 1.165) is 32.3 Å². The number of unbranched alkanes of at least 4 members (excludes halogenated alkanes) is 2. The molecule has 0 aliphatic heterocycles. The number of carbonyl (C=O) groups is 2. The molecular formula is C14H26O3. The van der Waals surface area contributed by atoms with Crippen molar-refractivity contribution in [1.29, 1.82) is 0 Å². The second-order valence-electron chi connectivity index (χ2n) is 4.79. The van der Waals surface area contributed by atoms with Gasteiger partial charge in [-0.05, 0) is 25.2 Å². The van der Waals surface area contributed by atoms with Crippen LogP contribution in [-0.4, -0.2) is 25.3 Å². The number of carbonyl (C=O) groups excluding carboxylic acids is 2. The Kier molecular flexibility index (Phi) is 9.95. The molecule has 0 amide bonds. The molecule has 3 nitrogen and oxygen atoms in total. The van der Waals surface area contributed by atoms with Gasteiger partial charge < -0.3 is 9.53 Å². The Morgan fingerprint density at radius 1 is 1.24 bits per heavy atom. The van der Waals surface area contributed by atoms with Crippen LogP contribution in [0, 0.1) is 5.92 Å². The van der Waals surface area contributed by atoms with Crippen molar-refractivity contribution in [3.63, 3.8) is 0 Å². The van der Waals surface area contributed by atoms with Crippen LogP contribution in [0.1, 0.15) is 60.2 Å². The van der Waals surface area contributed by atoms with Gasteiger partial charge in [0.2, 0.25) is 0 Å². The van der Waals surface area contributed by atoms with Gasteiger partial charge in [-0.1, -0.05) is 20.3 Å². The second-order valence-corrected chi connectivity index (χ2v) is 4.79. The fourth-order valence-corrected chi connectivity index (χ4v) is 1.43. The van der Waals surface area contributed by atoms with Gasteiger partial charge >= 0.3 is 0 Å². The van der Waals surface area contributed by atoms with Crippen molar-refractivity contribution in [1.82, 2.24) is 0 Å². The lowest BCUT2D eigenvalue weighted by Gasteiger charge is -2.05. The fourth-order valence-electron chi connectivity index (χ4n) is 1.43. The van der Waals surface area contributed by atoms with Crippen molar-refractivity contribution in [3.05, 3.63) is 0 Å². The summed E-state index contributed by atoms with van der Waals surface area (Å²) < 4.78 is 12.1. The summed E-state index contributed by atoms with van der Waals surface area (Å²) in [6, 6.07) is 0. The standard InChI is InChI=1S/C14H26O3/c1-13(2)8-11-17-12-9-14(16)7-5-3-4-6-10-15/h10,13H,3-9,11-12H2,1-2H3/i10T. The first-order valence-corrected chi connectivity index (χ1v) is 6.61. The van der Waals surface area contributed by atoms with Crippen LogP contribution < -0.4 is 0 Å². The summed E-state index contributed by atoms with van der Waals surface area (Å²) >= 11 is 0. The molecule has 0 atom stereocenters. The van der Waals surface area contributed by atoms with Crippen LogP contribution >= 0.6 is 0 Å². The molecule has 0 aliphatic rings. The molecule has 0 saturated heterocycles. The Morgan fingerprint density at radius 2 is 2.00 bits per heavy atom. The van der Waals surface area contributed by atoms with E-state index in [-0.39, 0.29) is 5.78 Å². The first kappa shape index (κ1) is 14.4. The highest BCUT2D eigenvalue weighted by molar-refractivity contribution is 5.78. The quantitative estimate of drug-likeness (QED) is 0.391. The lowest BCUT2D eigenvalue weighted by Crippen LogP contribution is -2.06. The van der Waals surface area contributed by atoms with E-state index in [1.165, 1.54) is 0 Å². The molecule has 17 heavy (non-hydrogen) atoms. The molecule has 100 valence electrons. The van der Waals surface area contributed by atoms with Gasteiger partial charge in [-0.25, -0.2) is 0 Å². The Bertz CT molecular complexity index is 239. The van der Waals surface area contributed by atoms with Gasteiger partial charge in [0.05, 0.1) is 6.61 Å². The summed E-state index contributed by atoms with van der Waals surface area (Å²) in [4.78, 5) is 21.8. The van der Waals surface area contributed by atoms with Gasteiger partial charge in [-0.3, -0.25) is 4.79 Å². The summed E-state index contributed by atoms with van der Waals surface area (Å²) in [5.41, 5.74) is 0. The van der Waals surface area contributed by atoms with E-state index in [1.54, 1.807) is 0 Å². The van der Waals surface area contributed by atoms with Gasteiger partial charge in [-0.15, -0.1) is 0 Å². The molecule has 0 heterocycles. The molecule has 0 aliphatic carbocycles. The third-order valence-electron chi connectivity index (χ3n) is 2.60. The van der Waals surface area contributed by atoms with E-state index < -0.39 is 6.26 Å². The summed E-state index contributed by atoms with van der Waals surface area (Å²) in [5.74, 6) is 0.872. The molecular weight excluding hydrogens is 216 g/mol. The van der Waals surface area contributed by atoms with Gasteiger partial charge in [-0.2, -0.15) is 0 Å². The maximum absolute atomic E-state index is 11.5. The molecule has 0 bridgehead atoms. The van der Waals surface area contributed by atoms with Crippen LogP contribution in [0.3, 0.4) is 0 Å². The van der Waals surface area contributed by atoms with Crippen molar-refractivity contribution < 1.29 is 15.7 Å². The molecule has 0 aromatic rings. The number of rotatable bonds is 12. The van der Waals surface area contributed by atoms with Crippen LogP contribution in [0.25, 0.3) is 0 Å². The van der Waals surface area contributed by atoms with E-state index in [2.05, 4.69) is 13.8 Å². The molecule has 0 aromatic heterocycles. The molecule has 0 rings (SSSR count). The topological polar surface area (TPSA) is 43.4 Å². The van der Waals surface area contributed by atoms with Gasteiger partial charge in [0.15, 0.2) is 0 Å². The van der Waals surface area contributed by atoms with Crippen molar-refractivity contribution in [2.24, 2.45) is 5.92 Å². The van der Waals surface area contributed by atoms with Gasteiger partial charge in [0.1, 0.15) is 13.4 Å². The van der Waals surface area contributed by atoms with E-state index in [0.29, 0.717) is 31.8 Å². The van der Waals surface area contributed by atoms with E-state index in [4.69, 9.17) is 6.11 Å². The normalized spacial score (nSPS) is 11.6. The Hall–Kier alpha value is -0.700. The lowest BCUT2D eigenvalue weighted by atomic mass is 10.1. The molecule has 0 N–H and O–H groups in total. The minimum Gasteiger partial charge on any atom is -0.381 e. The van der Waals surface area contributed by atoms with E-state index in [1.807, 2.05) is 0 Å². The molecule has 0 unspecified atom stereocenters. The van der Waals surface area contributed by atoms with E-state index in [9.17, 15) is 9.59 Å². The highest BCUT2D eigenvalue weighted by Crippen LogP contribution is 2.04. The minimum atomic E-state index is -0.514. The van der Waals surface area contributed by atoms with Crippen molar-refractivity contribution in [3.8, 4) is 0 Å². The molecule has 0 fully saturated rings. The number of ether oxygens (including phenoxy) is 1. The summed E-state index contributed by atoms with van der Waals surface area (Å²) in [6.45, 7) is 5.56. The molecule has 0 saturated carbocycles. The Balaban J connectivity index is 3.25. The highest BCUT2D eigenvalue weighted by Gasteiger charge is 2.02. The van der Waals surface area contributed by atoms with Crippen molar-refractivity contribution in [2.45, 2.75) is 58.8 Å². The van der Waals surface area contributed by atoms with E-state index >= 15 is 0 Å². The monoisotopic (exact) mass is 244 g/mol. The third kappa shape index (κ3) is 13.2. The summed E-state index contributed by atoms with van der Waals surface area (Å²) in [5, 5.41) is 0. The predicted octanol–water partition coefficient (Wildman–Crippen LogP) is 3.16. The minimum absolute atomic E-state index is 0.233.